The van der Waals surface area contributed by atoms with Crippen LogP contribution in [0.3, 0.4) is 0 Å². The summed E-state index contributed by atoms with van der Waals surface area (Å²) < 4.78 is 14.6. The molecule has 1 aliphatic heterocycles. The van der Waals surface area contributed by atoms with Gasteiger partial charge in [-0.25, -0.2) is 9.37 Å². The molecule has 2 unspecified atom stereocenters. The standard InChI is InChI=1S/C22H21ClFN5O/c1-13-12-29(10-9-17(13)26-15-5-3-14(24)4-6-15)21-16(11-25)22(30)28(2)18-7-8-19(23)27-20(18)21/h3-8,13,17,26H,9-10,12H2,1-2H3. The molecule has 3 heterocycles. The third-order valence-electron chi connectivity index (χ3n) is 5.71. The van der Waals surface area contributed by atoms with Crippen LogP contribution in [-0.4, -0.2) is 28.7 Å². The number of fused-ring (bicyclic) bond motifs is 1. The number of benzene rings is 1. The molecule has 0 bridgehead atoms. The number of nitrogens with zero attached hydrogens (tertiary/aromatic N) is 4. The maximum Gasteiger partial charge on any atom is 0.270 e. The average molecular weight is 426 g/mol. The largest absolute Gasteiger partial charge is 0.382 e. The number of hydrogen-bond donors (Lipinski definition) is 1. The van der Waals surface area contributed by atoms with Crippen LogP contribution in [0, 0.1) is 23.1 Å². The number of pyridine rings is 2. The number of nitriles is 1. The maximum absolute atomic E-state index is 13.2. The van der Waals surface area contributed by atoms with Crippen molar-refractivity contribution in [2.24, 2.45) is 13.0 Å². The number of piperidine rings is 1. The van der Waals surface area contributed by atoms with E-state index in [2.05, 4.69) is 28.2 Å². The molecule has 0 radical (unpaired) electrons. The molecule has 1 N–H and O–H groups in total. The molecule has 1 aromatic carbocycles. The summed E-state index contributed by atoms with van der Waals surface area (Å²) in [6.45, 7) is 3.40. The van der Waals surface area contributed by atoms with Gasteiger partial charge in [0.15, 0.2) is 0 Å². The van der Waals surface area contributed by atoms with Crippen molar-refractivity contribution in [3.63, 3.8) is 0 Å². The summed E-state index contributed by atoms with van der Waals surface area (Å²) in [6.07, 6.45) is 0.792. The van der Waals surface area contributed by atoms with Crippen molar-refractivity contribution in [2.75, 3.05) is 23.3 Å². The van der Waals surface area contributed by atoms with Gasteiger partial charge in [0.1, 0.15) is 28.1 Å². The van der Waals surface area contributed by atoms with Gasteiger partial charge in [0.2, 0.25) is 0 Å². The highest BCUT2D eigenvalue weighted by atomic mass is 35.5. The van der Waals surface area contributed by atoms with Crippen LogP contribution in [0.1, 0.15) is 18.9 Å². The first-order valence-corrected chi connectivity index (χ1v) is 10.1. The van der Waals surface area contributed by atoms with Gasteiger partial charge in [-0.15, -0.1) is 0 Å². The number of halogens is 2. The highest BCUT2D eigenvalue weighted by molar-refractivity contribution is 6.29. The predicted molar refractivity (Wildman–Crippen MR) is 117 cm³/mol. The molecule has 8 heteroatoms. The first-order valence-electron chi connectivity index (χ1n) is 9.75. The first-order chi connectivity index (χ1) is 14.4. The molecule has 4 rings (SSSR count). The predicted octanol–water partition coefficient (Wildman–Crippen LogP) is 3.92. The summed E-state index contributed by atoms with van der Waals surface area (Å²) in [5.41, 5.74) is 2.34. The number of anilines is 2. The van der Waals surface area contributed by atoms with E-state index in [1.807, 2.05) is 0 Å². The second kappa shape index (κ2) is 7.96. The zero-order valence-electron chi connectivity index (χ0n) is 16.7. The minimum atomic E-state index is -0.344. The van der Waals surface area contributed by atoms with Gasteiger partial charge >= 0.3 is 0 Å². The summed E-state index contributed by atoms with van der Waals surface area (Å²) >= 11 is 6.13. The van der Waals surface area contributed by atoms with Crippen molar-refractivity contribution in [3.05, 3.63) is 63.3 Å². The van der Waals surface area contributed by atoms with Gasteiger partial charge in [-0.2, -0.15) is 5.26 Å². The lowest BCUT2D eigenvalue weighted by atomic mass is 9.92. The molecule has 30 heavy (non-hydrogen) atoms. The fourth-order valence-electron chi connectivity index (χ4n) is 4.10. The van der Waals surface area contributed by atoms with Gasteiger partial charge in [0.05, 0.1) is 11.2 Å². The van der Waals surface area contributed by atoms with Gasteiger partial charge in [-0.05, 0) is 48.7 Å². The van der Waals surface area contributed by atoms with Gasteiger partial charge in [-0.3, -0.25) is 4.79 Å². The van der Waals surface area contributed by atoms with Crippen molar-refractivity contribution in [3.8, 4) is 6.07 Å². The molecule has 3 aromatic rings. The molecule has 1 saturated heterocycles. The van der Waals surface area contributed by atoms with Crippen molar-refractivity contribution in [2.45, 2.75) is 19.4 Å². The second-order valence-electron chi connectivity index (χ2n) is 7.67. The number of rotatable bonds is 3. The third-order valence-corrected chi connectivity index (χ3v) is 5.92. The van der Waals surface area contributed by atoms with E-state index in [1.54, 1.807) is 31.3 Å². The molecular formula is C22H21ClFN5O. The Kier molecular flexibility index (Phi) is 5.35. The summed E-state index contributed by atoms with van der Waals surface area (Å²) in [4.78, 5) is 19.3. The van der Waals surface area contributed by atoms with E-state index in [4.69, 9.17) is 11.6 Å². The summed E-state index contributed by atoms with van der Waals surface area (Å²) in [5, 5.41) is 13.5. The van der Waals surface area contributed by atoms with Gasteiger partial charge in [0.25, 0.3) is 5.56 Å². The Hall–Kier alpha value is -3.11. The molecule has 0 spiro atoms. The van der Waals surface area contributed by atoms with Crippen LogP contribution in [0.5, 0.6) is 0 Å². The monoisotopic (exact) mass is 425 g/mol. The Bertz CT molecular complexity index is 1200. The lowest BCUT2D eigenvalue weighted by molar-refractivity contribution is 0.404. The van der Waals surface area contributed by atoms with Crippen LogP contribution >= 0.6 is 11.6 Å². The normalized spacial score (nSPS) is 19.0. The Labute approximate surface area is 178 Å². The minimum absolute atomic E-state index is 0.0805. The van der Waals surface area contributed by atoms with Crippen molar-refractivity contribution < 1.29 is 4.39 Å². The third kappa shape index (κ3) is 3.59. The van der Waals surface area contributed by atoms with Crippen molar-refractivity contribution in [1.29, 1.82) is 5.26 Å². The zero-order valence-corrected chi connectivity index (χ0v) is 17.4. The van der Waals surface area contributed by atoms with Gasteiger partial charge < -0.3 is 14.8 Å². The second-order valence-corrected chi connectivity index (χ2v) is 8.06. The molecule has 2 aromatic heterocycles. The number of aromatic nitrogens is 2. The molecule has 6 nitrogen and oxygen atoms in total. The number of nitrogens with one attached hydrogen (secondary N) is 1. The van der Waals surface area contributed by atoms with Crippen molar-refractivity contribution in [1.82, 2.24) is 9.55 Å². The van der Waals surface area contributed by atoms with Crippen LogP contribution in [-0.2, 0) is 7.05 Å². The van der Waals surface area contributed by atoms with E-state index in [-0.39, 0.29) is 28.9 Å². The quantitative estimate of drug-likeness (QED) is 0.644. The summed E-state index contributed by atoms with van der Waals surface area (Å²) in [6, 6.07) is 12.0. The lowest BCUT2D eigenvalue weighted by Gasteiger charge is -2.39. The number of hydrogen-bond acceptors (Lipinski definition) is 5. The fraction of sp³-hybridized carbons (Fsp3) is 0.318. The highest BCUT2D eigenvalue weighted by Gasteiger charge is 2.30. The summed E-state index contributed by atoms with van der Waals surface area (Å²) in [5.74, 6) is -0.0511. The van der Waals surface area contributed by atoms with E-state index in [1.165, 1.54) is 16.7 Å². The Morgan fingerprint density at radius 2 is 2.00 bits per heavy atom. The SMILES string of the molecule is CC1CN(c2c(C#N)c(=O)n(C)c3ccc(Cl)nc23)CCC1Nc1ccc(F)cc1. The van der Waals surface area contributed by atoms with Crippen LogP contribution < -0.4 is 15.8 Å². The fourth-order valence-corrected chi connectivity index (χ4v) is 4.25. The topological polar surface area (TPSA) is 74.0 Å². The van der Waals surface area contributed by atoms with E-state index in [9.17, 15) is 14.4 Å². The molecule has 1 aliphatic rings. The van der Waals surface area contributed by atoms with Crippen LogP contribution in [0.25, 0.3) is 11.0 Å². The van der Waals surface area contributed by atoms with Gasteiger partial charge in [-0.1, -0.05) is 18.5 Å². The molecule has 1 fully saturated rings. The smallest absolute Gasteiger partial charge is 0.270 e. The van der Waals surface area contributed by atoms with Crippen LogP contribution in [0.4, 0.5) is 15.8 Å². The van der Waals surface area contributed by atoms with E-state index in [0.29, 0.717) is 35.0 Å². The molecule has 154 valence electrons. The van der Waals surface area contributed by atoms with E-state index in [0.717, 1.165) is 12.1 Å². The summed E-state index contributed by atoms with van der Waals surface area (Å²) in [7, 11) is 1.63. The molecule has 0 saturated carbocycles. The Morgan fingerprint density at radius 1 is 1.27 bits per heavy atom. The first kappa shape index (κ1) is 20.2. The molecular weight excluding hydrogens is 405 g/mol. The highest BCUT2D eigenvalue weighted by Crippen LogP contribution is 2.32. The lowest BCUT2D eigenvalue weighted by Crippen LogP contribution is -2.46. The van der Waals surface area contributed by atoms with E-state index >= 15 is 0 Å². The van der Waals surface area contributed by atoms with Crippen LogP contribution in [0.2, 0.25) is 5.15 Å². The maximum atomic E-state index is 13.2. The van der Waals surface area contributed by atoms with Crippen LogP contribution in [0.15, 0.2) is 41.2 Å². The average Bonchev–Trinajstić information content (AvgIpc) is 2.73. The Morgan fingerprint density at radius 3 is 2.67 bits per heavy atom. The molecule has 0 aliphatic carbocycles. The minimum Gasteiger partial charge on any atom is -0.382 e. The molecule has 0 amide bonds. The Balaban J connectivity index is 1.68. The van der Waals surface area contributed by atoms with E-state index < -0.39 is 0 Å². The zero-order chi connectivity index (χ0) is 21.4. The van der Waals surface area contributed by atoms with Gasteiger partial charge in [0, 0.05) is 31.9 Å². The molecule has 2 atom stereocenters. The number of aryl methyl sites for hydroxylation is 1. The van der Waals surface area contributed by atoms with Crippen molar-refractivity contribution >= 4 is 34.0 Å².